The average molecular weight is 320 g/mol. The summed E-state index contributed by atoms with van der Waals surface area (Å²) in [6.45, 7) is 0. The molecule has 1 fully saturated rings. The molecule has 4 heteroatoms. The Bertz CT molecular complexity index is 830. The molecule has 4 nitrogen and oxygen atoms in total. The van der Waals surface area contributed by atoms with Crippen LogP contribution in [-0.2, 0) is 4.79 Å². The molecule has 3 aromatic rings. The zero-order valence-corrected chi connectivity index (χ0v) is 13.5. The monoisotopic (exact) mass is 320 g/mol. The fourth-order valence-corrected chi connectivity index (χ4v) is 3.37. The minimum Gasteiger partial charge on any atom is -0.436 e. The normalized spacial score (nSPS) is 15.5. The second-order valence-electron chi connectivity index (χ2n) is 6.36. The van der Waals surface area contributed by atoms with Gasteiger partial charge >= 0.3 is 0 Å². The van der Waals surface area contributed by atoms with E-state index in [-0.39, 0.29) is 11.8 Å². The van der Waals surface area contributed by atoms with Crippen molar-refractivity contribution in [2.24, 2.45) is 5.92 Å². The molecule has 24 heavy (non-hydrogen) atoms. The van der Waals surface area contributed by atoms with Crippen molar-refractivity contribution >= 4 is 22.7 Å². The Morgan fingerprint density at radius 3 is 2.58 bits per heavy atom. The summed E-state index contributed by atoms with van der Waals surface area (Å²) in [6.07, 6.45) is 5.49. The van der Waals surface area contributed by atoms with Crippen molar-refractivity contribution < 1.29 is 9.21 Å². The Morgan fingerprint density at radius 2 is 1.75 bits per heavy atom. The van der Waals surface area contributed by atoms with Crippen LogP contribution >= 0.6 is 0 Å². The second-order valence-corrected chi connectivity index (χ2v) is 6.36. The lowest BCUT2D eigenvalue weighted by atomic mass is 9.88. The van der Waals surface area contributed by atoms with E-state index in [4.69, 9.17) is 4.42 Å². The van der Waals surface area contributed by atoms with Crippen molar-refractivity contribution in [1.29, 1.82) is 0 Å². The number of rotatable bonds is 3. The van der Waals surface area contributed by atoms with E-state index in [1.54, 1.807) is 0 Å². The van der Waals surface area contributed by atoms with Crippen LogP contribution in [0.5, 0.6) is 0 Å². The maximum Gasteiger partial charge on any atom is 0.229 e. The first-order valence-electron chi connectivity index (χ1n) is 8.57. The zero-order chi connectivity index (χ0) is 16.4. The van der Waals surface area contributed by atoms with Gasteiger partial charge in [0, 0.05) is 5.92 Å². The Labute approximate surface area is 140 Å². The van der Waals surface area contributed by atoms with Crippen LogP contribution in [-0.4, -0.2) is 10.9 Å². The zero-order valence-electron chi connectivity index (χ0n) is 13.5. The van der Waals surface area contributed by atoms with E-state index >= 15 is 0 Å². The van der Waals surface area contributed by atoms with Gasteiger partial charge in [0.2, 0.25) is 11.8 Å². The minimum atomic E-state index is 0.110. The molecule has 0 saturated heterocycles. The van der Waals surface area contributed by atoms with Gasteiger partial charge in [0.1, 0.15) is 5.52 Å². The Morgan fingerprint density at radius 1 is 1.00 bits per heavy atom. The van der Waals surface area contributed by atoms with Crippen molar-refractivity contribution in [1.82, 2.24) is 4.98 Å². The number of hydrogen-bond donors (Lipinski definition) is 1. The smallest absolute Gasteiger partial charge is 0.229 e. The summed E-state index contributed by atoms with van der Waals surface area (Å²) < 4.78 is 5.86. The first kappa shape index (κ1) is 14.9. The second kappa shape index (κ2) is 6.48. The van der Waals surface area contributed by atoms with Gasteiger partial charge in [0.25, 0.3) is 0 Å². The molecule has 1 aromatic heterocycles. The van der Waals surface area contributed by atoms with Crippen molar-refractivity contribution in [2.45, 2.75) is 32.1 Å². The standard InChI is InChI=1S/C20H20N2O2/c23-19(14-8-2-1-3-9-14)21-16-11-5-4-10-15(16)20-22-17-12-6-7-13-18(17)24-20/h4-7,10-14H,1-3,8-9H2,(H,21,23). The molecule has 0 unspecified atom stereocenters. The summed E-state index contributed by atoms with van der Waals surface area (Å²) >= 11 is 0. The molecule has 0 aliphatic heterocycles. The quantitative estimate of drug-likeness (QED) is 0.737. The molecule has 1 aliphatic carbocycles. The maximum absolute atomic E-state index is 12.6. The van der Waals surface area contributed by atoms with Crippen LogP contribution in [0.1, 0.15) is 32.1 Å². The van der Waals surface area contributed by atoms with E-state index in [0.717, 1.165) is 48.0 Å². The lowest BCUT2D eigenvalue weighted by molar-refractivity contribution is -0.120. The van der Waals surface area contributed by atoms with Gasteiger partial charge in [-0.15, -0.1) is 0 Å². The van der Waals surface area contributed by atoms with Crippen LogP contribution in [0.2, 0.25) is 0 Å². The van der Waals surface area contributed by atoms with Gasteiger partial charge < -0.3 is 9.73 Å². The third-order valence-electron chi connectivity index (χ3n) is 4.69. The highest BCUT2D eigenvalue weighted by Crippen LogP contribution is 2.31. The number of aromatic nitrogens is 1. The molecule has 0 radical (unpaired) electrons. The third-order valence-corrected chi connectivity index (χ3v) is 4.69. The first-order chi connectivity index (χ1) is 11.8. The summed E-state index contributed by atoms with van der Waals surface area (Å²) in [7, 11) is 0. The molecule has 2 aromatic carbocycles. The number of carbonyl (C=O) groups is 1. The van der Waals surface area contributed by atoms with E-state index in [9.17, 15) is 4.79 Å². The van der Waals surface area contributed by atoms with Gasteiger partial charge in [-0.2, -0.15) is 0 Å². The van der Waals surface area contributed by atoms with Gasteiger partial charge in [0.15, 0.2) is 5.58 Å². The number of nitrogens with one attached hydrogen (secondary N) is 1. The highest BCUT2D eigenvalue weighted by Gasteiger charge is 2.22. The highest BCUT2D eigenvalue weighted by atomic mass is 16.3. The lowest BCUT2D eigenvalue weighted by Crippen LogP contribution is -2.24. The molecular formula is C20H20N2O2. The van der Waals surface area contributed by atoms with Gasteiger partial charge in [0.05, 0.1) is 11.3 Å². The molecular weight excluding hydrogens is 300 g/mol. The van der Waals surface area contributed by atoms with E-state index in [1.807, 2.05) is 48.5 Å². The summed E-state index contributed by atoms with van der Waals surface area (Å²) in [4.78, 5) is 17.1. The van der Waals surface area contributed by atoms with Gasteiger partial charge in [-0.05, 0) is 37.1 Å². The molecule has 1 N–H and O–H groups in total. The van der Waals surface area contributed by atoms with Crippen molar-refractivity contribution in [3.8, 4) is 11.5 Å². The van der Waals surface area contributed by atoms with E-state index in [2.05, 4.69) is 10.3 Å². The SMILES string of the molecule is O=C(Nc1ccccc1-c1nc2ccccc2o1)C1CCCCC1. The van der Waals surface area contributed by atoms with Crippen LogP contribution in [0.4, 0.5) is 5.69 Å². The predicted molar refractivity (Wildman–Crippen MR) is 94.6 cm³/mol. The van der Waals surface area contributed by atoms with Crippen molar-refractivity contribution in [2.75, 3.05) is 5.32 Å². The summed E-state index contributed by atoms with van der Waals surface area (Å²) in [5, 5.41) is 3.08. The van der Waals surface area contributed by atoms with Gasteiger partial charge in [-0.3, -0.25) is 4.79 Å². The largest absolute Gasteiger partial charge is 0.436 e. The number of benzene rings is 2. The highest BCUT2D eigenvalue weighted by molar-refractivity contribution is 5.96. The van der Waals surface area contributed by atoms with Gasteiger partial charge in [-0.1, -0.05) is 43.5 Å². The number of para-hydroxylation sites is 3. The van der Waals surface area contributed by atoms with Crippen LogP contribution in [0.15, 0.2) is 52.9 Å². The third kappa shape index (κ3) is 2.92. The Kier molecular flexibility index (Phi) is 4.03. The van der Waals surface area contributed by atoms with Crippen molar-refractivity contribution in [3.63, 3.8) is 0 Å². The van der Waals surface area contributed by atoms with Crippen LogP contribution in [0.25, 0.3) is 22.6 Å². The number of amides is 1. The fraction of sp³-hybridized carbons (Fsp3) is 0.300. The summed E-state index contributed by atoms with van der Waals surface area (Å²) in [5.74, 6) is 0.768. The lowest BCUT2D eigenvalue weighted by Gasteiger charge is -2.21. The number of hydrogen-bond acceptors (Lipinski definition) is 3. The molecule has 122 valence electrons. The number of nitrogens with zero attached hydrogens (tertiary/aromatic N) is 1. The molecule has 0 spiro atoms. The number of oxazole rings is 1. The molecule has 1 heterocycles. The number of fused-ring (bicyclic) bond motifs is 1. The van der Waals surface area contributed by atoms with Gasteiger partial charge in [-0.25, -0.2) is 4.98 Å². The minimum absolute atomic E-state index is 0.110. The molecule has 0 bridgehead atoms. The maximum atomic E-state index is 12.6. The first-order valence-corrected chi connectivity index (χ1v) is 8.57. The summed E-state index contributed by atoms with van der Waals surface area (Å²) in [5.41, 5.74) is 3.15. The molecule has 1 amide bonds. The molecule has 1 saturated carbocycles. The van der Waals surface area contributed by atoms with Crippen LogP contribution in [0.3, 0.4) is 0 Å². The van der Waals surface area contributed by atoms with Crippen LogP contribution < -0.4 is 5.32 Å². The molecule has 1 aliphatic rings. The summed E-state index contributed by atoms with van der Waals surface area (Å²) in [6, 6.07) is 15.4. The Hall–Kier alpha value is -2.62. The van der Waals surface area contributed by atoms with Crippen LogP contribution in [0, 0.1) is 5.92 Å². The number of anilines is 1. The molecule has 0 atom stereocenters. The molecule has 4 rings (SSSR count). The fourth-order valence-electron chi connectivity index (χ4n) is 3.37. The Balaban J connectivity index is 1.63. The topological polar surface area (TPSA) is 55.1 Å². The van der Waals surface area contributed by atoms with E-state index in [1.165, 1.54) is 6.42 Å². The average Bonchev–Trinajstić information content (AvgIpc) is 3.07. The van der Waals surface area contributed by atoms with E-state index < -0.39 is 0 Å². The van der Waals surface area contributed by atoms with E-state index in [0.29, 0.717) is 5.89 Å². The predicted octanol–water partition coefficient (Wildman–Crippen LogP) is 5.01. The number of carbonyl (C=O) groups excluding carboxylic acids is 1. The van der Waals surface area contributed by atoms with Crippen molar-refractivity contribution in [3.05, 3.63) is 48.5 Å².